The summed E-state index contributed by atoms with van der Waals surface area (Å²) in [6.07, 6.45) is 2.34. The van der Waals surface area contributed by atoms with Crippen molar-refractivity contribution >= 4 is 15.7 Å². The molecule has 0 saturated heterocycles. The van der Waals surface area contributed by atoms with E-state index in [1.54, 1.807) is 0 Å². The van der Waals surface area contributed by atoms with E-state index in [0.29, 0.717) is 12.2 Å². The van der Waals surface area contributed by atoms with E-state index >= 15 is 0 Å². The molecule has 0 aromatic heterocycles. The molecule has 0 bridgehead atoms. The summed E-state index contributed by atoms with van der Waals surface area (Å²) in [5.41, 5.74) is -0.0848. The van der Waals surface area contributed by atoms with Crippen LogP contribution in [0.4, 0.5) is 10.1 Å². The predicted octanol–water partition coefficient (Wildman–Crippen LogP) is 2.36. The van der Waals surface area contributed by atoms with Crippen LogP contribution in [0.1, 0.15) is 26.2 Å². The number of nitrogens with one attached hydrogen (secondary N) is 2. The van der Waals surface area contributed by atoms with Gasteiger partial charge in [-0.15, -0.1) is 0 Å². The van der Waals surface area contributed by atoms with Gasteiger partial charge in [0.2, 0.25) is 10.0 Å². The third-order valence-electron chi connectivity index (χ3n) is 2.88. The van der Waals surface area contributed by atoms with Crippen LogP contribution in [0.3, 0.4) is 0 Å². The Morgan fingerprint density at radius 1 is 1.24 bits per heavy atom. The second kappa shape index (κ2) is 8.84. The second-order valence-electron chi connectivity index (χ2n) is 4.72. The average molecular weight is 318 g/mol. The lowest BCUT2D eigenvalue weighted by atomic mass is 10.3. The summed E-state index contributed by atoms with van der Waals surface area (Å²) in [5, 5.41) is 3.20. The van der Waals surface area contributed by atoms with Gasteiger partial charge in [-0.2, -0.15) is 0 Å². The van der Waals surface area contributed by atoms with Crippen molar-refractivity contribution < 1.29 is 17.5 Å². The van der Waals surface area contributed by atoms with E-state index in [0.717, 1.165) is 25.9 Å². The van der Waals surface area contributed by atoms with Crippen molar-refractivity contribution in [3.63, 3.8) is 0 Å². The number of methoxy groups -OCH3 is 1. The van der Waals surface area contributed by atoms with Crippen molar-refractivity contribution in [1.82, 2.24) is 5.32 Å². The monoisotopic (exact) mass is 318 g/mol. The highest BCUT2D eigenvalue weighted by Gasteiger charge is 2.13. The van der Waals surface area contributed by atoms with Crippen LogP contribution >= 0.6 is 0 Å². The predicted molar refractivity (Wildman–Crippen MR) is 82.8 cm³/mol. The van der Waals surface area contributed by atoms with Crippen molar-refractivity contribution in [2.75, 3.05) is 30.7 Å². The molecule has 0 saturated carbocycles. The van der Waals surface area contributed by atoms with E-state index in [4.69, 9.17) is 4.74 Å². The second-order valence-corrected chi connectivity index (χ2v) is 6.57. The third kappa shape index (κ3) is 6.77. The molecule has 0 spiro atoms. The van der Waals surface area contributed by atoms with Crippen LogP contribution in [0.15, 0.2) is 18.2 Å². The first-order valence-corrected chi connectivity index (χ1v) is 8.68. The van der Waals surface area contributed by atoms with Crippen molar-refractivity contribution in [2.45, 2.75) is 26.2 Å². The minimum Gasteiger partial charge on any atom is -0.497 e. The molecule has 120 valence electrons. The largest absolute Gasteiger partial charge is 0.497 e. The number of hydrogen-bond acceptors (Lipinski definition) is 4. The van der Waals surface area contributed by atoms with Gasteiger partial charge >= 0.3 is 0 Å². The van der Waals surface area contributed by atoms with Gasteiger partial charge in [0.15, 0.2) is 0 Å². The first-order valence-electron chi connectivity index (χ1n) is 7.03. The molecule has 0 aliphatic heterocycles. The molecule has 0 amide bonds. The van der Waals surface area contributed by atoms with Gasteiger partial charge in [0.25, 0.3) is 0 Å². The van der Waals surface area contributed by atoms with E-state index in [1.807, 2.05) is 0 Å². The van der Waals surface area contributed by atoms with E-state index in [1.165, 1.54) is 25.3 Å². The Morgan fingerprint density at radius 2 is 2.00 bits per heavy atom. The molecule has 7 heteroatoms. The molecule has 0 unspecified atom stereocenters. The van der Waals surface area contributed by atoms with Crippen LogP contribution in [0, 0.1) is 5.82 Å². The van der Waals surface area contributed by atoms with Gasteiger partial charge in [-0.05, 0) is 44.5 Å². The van der Waals surface area contributed by atoms with Gasteiger partial charge in [0, 0.05) is 6.07 Å². The number of hydrogen-bond donors (Lipinski definition) is 2. The lowest BCUT2D eigenvalue weighted by Gasteiger charge is -2.10. The normalized spacial score (nSPS) is 11.4. The number of ether oxygens (including phenoxy) is 1. The maximum atomic E-state index is 13.6. The lowest BCUT2D eigenvalue weighted by Crippen LogP contribution is -2.20. The fraction of sp³-hybridized carbons (Fsp3) is 0.571. The summed E-state index contributed by atoms with van der Waals surface area (Å²) in [6.45, 7) is 3.79. The van der Waals surface area contributed by atoms with Crippen LogP contribution in [0.2, 0.25) is 0 Å². The standard InChI is InChI=1S/C14H23FN2O3S/c1-3-8-16-9-4-5-10-21(18,19)17-14-11-12(20-2)6-7-13(14)15/h6-7,11,16-17H,3-5,8-10H2,1-2H3. The van der Waals surface area contributed by atoms with Crippen LogP contribution < -0.4 is 14.8 Å². The maximum absolute atomic E-state index is 13.6. The highest BCUT2D eigenvalue weighted by Crippen LogP contribution is 2.22. The molecule has 21 heavy (non-hydrogen) atoms. The van der Waals surface area contributed by atoms with Crippen molar-refractivity contribution in [1.29, 1.82) is 0 Å². The summed E-state index contributed by atoms with van der Waals surface area (Å²) in [7, 11) is -2.11. The summed E-state index contributed by atoms with van der Waals surface area (Å²) in [5.74, 6) is -0.251. The summed E-state index contributed by atoms with van der Waals surface area (Å²) in [6, 6.07) is 3.94. The van der Waals surface area contributed by atoms with Gasteiger partial charge in [-0.3, -0.25) is 4.72 Å². The molecule has 0 aliphatic carbocycles. The first-order chi connectivity index (χ1) is 9.98. The van der Waals surface area contributed by atoms with E-state index < -0.39 is 15.8 Å². The van der Waals surface area contributed by atoms with Crippen molar-refractivity contribution in [2.24, 2.45) is 0 Å². The highest BCUT2D eigenvalue weighted by atomic mass is 32.2. The Balaban J connectivity index is 2.48. The Labute approximate surface area is 125 Å². The van der Waals surface area contributed by atoms with Crippen molar-refractivity contribution in [3.8, 4) is 5.75 Å². The Kier molecular flexibility index (Phi) is 7.45. The zero-order valence-corrected chi connectivity index (χ0v) is 13.3. The van der Waals surface area contributed by atoms with Crippen molar-refractivity contribution in [3.05, 3.63) is 24.0 Å². The fourth-order valence-corrected chi connectivity index (χ4v) is 2.95. The molecule has 1 aromatic carbocycles. The highest BCUT2D eigenvalue weighted by molar-refractivity contribution is 7.92. The molecular weight excluding hydrogens is 295 g/mol. The SMILES string of the molecule is CCCNCCCCS(=O)(=O)Nc1cc(OC)ccc1F. The Morgan fingerprint density at radius 3 is 2.67 bits per heavy atom. The maximum Gasteiger partial charge on any atom is 0.232 e. The summed E-state index contributed by atoms with van der Waals surface area (Å²) < 4.78 is 44.6. The molecule has 0 radical (unpaired) electrons. The third-order valence-corrected chi connectivity index (χ3v) is 4.24. The zero-order chi connectivity index (χ0) is 15.7. The lowest BCUT2D eigenvalue weighted by molar-refractivity contribution is 0.414. The molecule has 0 heterocycles. The Hall–Kier alpha value is -1.34. The van der Waals surface area contributed by atoms with Crippen LogP contribution in [-0.2, 0) is 10.0 Å². The molecule has 0 fully saturated rings. The van der Waals surface area contributed by atoms with Gasteiger partial charge in [0.1, 0.15) is 11.6 Å². The number of sulfonamides is 1. The molecule has 5 nitrogen and oxygen atoms in total. The minimum absolute atomic E-state index is 0.0303. The van der Waals surface area contributed by atoms with Gasteiger partial charge < -0.3 is 10.1 Å². The van der Waals surface area contributed by atoms with Gasteiger partial charge in [-0.25, -0.2) is 12.8 Å². The first kappa shape index (κ1) is 17.7. The molecule has 0 atom stereocenters. The van der Waals surface area contributed by atoms with E-state index in [2.05, 4.69) is 17.0 Å². The molecule has 1 rings (SSSR count). The smallest absolute Gasteiger partial charge is 0.232 e. The molecule has 2 N–H and O–H groups in total. The number of halogens is 1. The van der Waals surface area contributed by atoms with E-state index in [9.17, 15) is 12.8 Å². The average Bonchev–Trinajstić information content (AvgIpc) is 2.45. The van der Waals surface area contributed by atoms with E-state index in [-0.39, 0.29) is 11.4 Å². The summed E-state index contributed by atoms with van der Waals surface area (Å²) >= 11 is 0. The van der Waals surface area contributed by atoms with Gasteiger partial charge in [-0.1, -0.05) is 6.92 Å². The van der Waals surface area contributed by atoms with Gasteiger partial charge in [0.05, 0.1) is 18.6 Å². The van der Waals surface area contributed by atoms with Crippen LogP contribution in [-0.4, -0.2) is 34.4 Å². The summed E-state index contributed by atoms with van der Waals surface area (Å²) in [4.78, 5) is 0. The number of benzene rings is 1. The fourth-order valence-electron chi connectivity index (χ4n) is 1.77. The van der Waals surface area contributed by atoms with Crippen LogP contribution in [0.5, 0.6) is 5.75 Å². The minimum atomic E-state index is -3.55. The number of rotatable bonds is 10. The topological polar surface area (TPSA) is 67.4 Å². The number of anilines is 1. The molecular formula is C14H23FN2O3S. The molecule has 0 aliphatic rings. The molecule has 1 aromatic rings. The quantitative estimate of drug-likeness (QED) is 0.650. The zero-order valence-electron chi connectivity index (χ0n) is 12.5. The Bertz CT molecular complexity index is 535. The number of unbranched alkanes of at least 4 members (excludes halogenated alkanes) is 1. The van der Waals surface area contributed by atoms with Crippen LogP contribution in [0.25, 0.3) is 0 Å².